The molecule has 2 rings (SSSR count). The zero-order valence-electron chi connectivity index (χ0n) is 11.1. The van der Waals surface area contributed by atoms with Gasteiger partial charge in [-0.3, -0.25) is 0 Å². The molecule has 4 heteroatoms. The zero-order chi connectivity index (χ0) is 13.5. The predicted octanol–water partition coefficient (Wildman–Crippen LogP) is 2.32. The van der Waals surface area contributed by atoms with Gasteiger partial charge in [-0.1, -0.05) is 0 Å². The molecule has 0 fully saturated rings. The van der Waals surface area contributed by atoms with Crippen molar-refractivity contribution < 1.29 is 17.1 Å². The summed E-state index contributed by atoms with van der Waals surface area (Å²) in [6.45, 7) is 2.88. The first-order chi connectivity index (χ1) is 9.29. The van der Waals surface area contributed by atoms with Crippen molar-refractivity contribution in [3.8, 4) is 11.4 Å². The first-order valence-corrected chi connectivity index (χ1v) is 8.55. The van der Waals surface area contributed by atoms with Gasteiger partial charge < -0.3 is 0 Å². The van der Waals surface area contributed by atoms with Crippen molar-refractivity contribution in [3.05, 3.63) is 42.2 Å². The van der Waals surface area contributed by atoms with E-state index in [0.717, 1.165) is 24.4 Å². The molecule has 0 radical (unpaired) electrons. The summed E-state index contributed by atoms with van der Waals surface area (Å²) in [5, 5.41) is 1.27. The van der Waals surface area contributed by atoms with Gasteiger partial charge in [0.15, 0.2) is 0 Å². The number of pyridine rings is 2. The number of aryl methyl sites for hydroxylation is 1. The minimum atomic E-state index is 0.258. The number of aromatic nitrogens is 2. The van der Waals surface area contributed by atoms with Crippen molar-refractivity contribution in [1.82, 2.24) is 9.97 Å². The van der Waals surface area contributed by atoms with Crippen molar-refractivity contribution in [2.24, 2.45) is 5.73 Å². The Balaban J connectivity index is 2.06. The molecule has 0 aliphatic carbocycles. The summed E-state index contributed by atoms with van der Waals surface area (Å²) < 4.78 is 1.41. The van der Waals surface area contributed by atoms with E-state index in [1.165, 1.54) is 21.2 Å². The van der Waals surface area contributed by atoms with Crippen LogP contribution < -0.4 is 9.89 Å². The topological polar surface area (TPSA) is 51.8 Å². The van der Waals surface area contributed by atoms with Crippen LogP contribution in [0.4, 0.5) is 0 Å². The van der Waals surface area contributed by atoms with Crippen molar-refractivity contribution >= 4 is 4.16 Å². The van der Waals surface area contributed by atoms with E-state index in [1.54, 1.807) is 0 Å². The fraction of sp³-hybridized carbons (Fsp3) is 0.333. The molecule has 0 unspecified atom stereocenters. The summed E-state index contributed by atoms with van der Waals surface area (Å²) in [6, 6.07) is 8.39. The summed E-state index contributed by atoms with van der Waals surface area (Å²) >= 11 is 0.258. The van der Waals surface area contributed by atoms with Gasteiger partial charge in [0.2, 0.25) is 0 Å². The molecule has 2 aromatic rings. The molecule has 102 valence electrons. The number of unbranched alkanes of at least 4 members (excludes halogenated alkanes) is 1. The third kappa shape index (κ3) is 4.48. The van der Waals surface area contributed by atoms with Gasteiger partial charge in [0.05, 0.1) is 0 Å². The van der Waals surface area contributed by atoms with Crippen LogP contribution in [-0.4, -0.2) is 16.5 Å². The number of hydrogen-bond donors (Lipinski definition) is 1. The van der Waals surface area contributed by atoms with Crippen LogP contribution in [0.1, 0.15) is 18.4 Å². The molecule has 0 spiro atoms. The van der Waals surface area contributed by atoms with E-state index < -0.39 is 0 Å². The molecule has 0 aromatic carbocycles. The van der Waals surface area contributed by atoms with E-state index in [-0.39, 0.29) is 17.1 Å². The van der Waals surface area contributed by atoms with Crippen LogP contribution >= 0.6 is 0 Å². The molecule has 3 nitrogen and oxygen atoms in total. The molecule has 2 N–H and O–H groups in total. The van der Waals surface area contributed by atoms with Crippen LogP contribution in [0.3, 0.4) is 0 Å². The van der Waals surface area contributed by atoms with Gasteiger partial charge in [0.1, 0.15) is 0 Å². The Morgan fingerprint density at radius 1 is 1.05 bits per heavy atom. The Hall–Kier alpha value is -1.12. The van der Waals surface area contributed by atoms with E-state index in [0.29, 0.717) is 0 Å². The maximum atomic E-state index is 5.51. The summed E-state index contributed by atoms with van der Waals surface area (Å²) in [5.74, 6) is 0. The molecular formula is C15H19N3Ru. The molecule has 0 amide bonds. The van der Waals surface area contributed by atoms with Crippen molar-refractivity contribution in [2.75, 3.05) is 6.54 Å². The molecule has 19 heavy (non-hydrogen) atoms. The summed E-state index contributed by atoms with van der Waals surface area (Å²) in [4.78, 5) is 8.82. The minimum absolute atomic E-state index is 0.258. The maximum absolute atomic E-state index is 5.51. The number of rotatable bonds is 6. The second-order valence-corrected chi connectivity index (χ2v) is 6.85. The molecule has 0 aliphatic rings. The first kappa shape index (κ1) is 14.3. The average molecular weight is 342 g/mol. The van der Waals surface area contributed by atoms with Gasteiger partial charge in [-0.05, 0) is 0 Å². The number of nitrogens with zero attached hydrogens (tertiary/aromatic N) is 2. The van der Waals surface area contributed by atoms with Crippen molar-refractivity contribution in [1.29, 1.82) is 0 Å². The van der Waals surface area contributed by atoms with Gasteiger partial charge in [-0.25, -0.2) is 0 Å². The van der Waals surface area contributed by atoms with Gasteiger partial charge in [-0.2, -0.15) is 0 Å². The fourth-order valence-corrected chi connectivity index (χ4v) is 3.68. The molecule has 0 aliphatic heterocycles. The van der Waals surface area contributed by atoms with E-state index in [4.69, 9.17) is 5.73 Å². The molecule has 0 saturated heterocycles. The van der Waals surface area contributed by atoms with Gasteiger partial charge in [0, 0.05) is 0 Å². The fourth-order valence-electron chi connectivity index (χ4n) is 1.69. The predicted molar refractivity (Wildman–Crippen MR) is 74.9 cm³/mol. The second-order valence-electron chi connectivity index (χ2n) is 4.36. The van der Waals surface area contributed by atoms with Gasteiger partial charge in [0.25, 0.3) is 0 Å². The van der Waals surface area contributed by atoms with Gasteiger partial charge >= 0.3 is 122 Å². The Labute approximate surface area is 122 Å². The molecule has 2 heterocycles. The normalized spacial score (nSPS) is 10.8. The zero-order valence-corrected chi connectivity index (χ0v) is 12.9. The Morgan fingerprint density at radius 3 is 2.53 bits per heavy atom. The average Bonchev–Trinajstić information content (AvgIpc) is 2.44. The quantitative estimate of drug-likeness (QED) is 0.647. The monoisotopic (exact) mass is 343 g/mol. The third-order valence-electron chi connectivity index (χ3n) is 2.70. The molecule has 0 bridgehead atoms. The molecule has 0 saturated carbocycles. The first-order valence-electron chi connectivity index (χ1n) is 6.45. The van der Waals surface area contributed by atoms with Crippen molar-refractivity contribution in [3.63, 3.8) is 0 Å². The van der Waals surface area contributed by atoms with Gasteiger partial charge in [-0.15, -0.1) is 0 Å². The molecule has 2 aromatic heterocycles. The van der Waals surface area contributed by atoms with Crippen LogP contribution in [0.5, 0.6) is 0 Å². The van der Waals surface area contributed by atoms with E-state index in [2.05, 4.69) is 35.1 Å². The Bertz CT molecular complexity index is 528. The SMILES string of the molecule is Cc1ccnc(-c2c[c]([Ru][CH2]CCCN)ccn2)c1. The van der Waals surface area contributed by atoms with E-state index in [9.17, 15) is 0 Å². The van der Waals surface area contributed by atoms with Crippen LogP contribution in [0.2, 0.25) is 5.02 Å². The van der Waals surface area contributed by atoms with Crippen LogP contribution in [0, 0.1) is 6.92 Å². The standard InChI is InChI=1S/C11H9N2.C4H10N.Ru/c1-9-5-7-13-11(8-9)10-4-2-3-6-12-10;1-2-3-4-5;/h3-8H,1H3;1-5H2;. The number of hydrogen-bond acceptors (Lipinski definition) is 3. The van der Waals surface area contributed by atoms with E-state index in [1.807, 2.05) is 18.5 Å². The third-order valence-corrected chi connectivity index (χ3v) is 5.00. The van der Waals surface area contributed by atoms with E-state index >= 15 is 0 Å². The molecule has 0 atom stereocenters. The summed E-state index contributed by atoms with van der Waals surface area (Å²) in [7, 11) is 0. The molecular weight excluding hydrogens is 323 g/mol. The number of nitrogens with two attached hydrogens (primary N) is 1. The van der Waals surface area contributed by atoms with Crippen LogP contribution in [-0.2, 0) is 17.1 Å². The van der Waals surface area contributed by atoms with Crippen LogP contribution in [0.25, 0.3) is 11.4 Å². The van der Waals surface area contributed by atoms with Crippen LogP contribution in [0.15, 0.2) is 36.7 Å². The second kappa shape index (κ2) is 7.47. The Morgan fingerprint density at radius 2 is 1.79 bits per heavy atom. The summed E-state index contributed by atoms with van der Waals surface area (Å²) in [5.41, 5.74) is 8.67. The van der Waals surface area contributed by atoms with Crippen molar-refractivity contribution in [2.45, 2.75) is 24.8 Å². The summed E-state index contributed by atoms with van der Waals surface area (Å²) in [6.07, 6.45) is 6.10. The Kier molecular flexibility index (Phi) is 5.62.